The number of halogens is 1. The van der Waals surface area contributed by atoms with E-state index in [1.165, 1.54) is 13.5 Å². The Kier molecular flexibility index (Phi) is 6.04. The Morgan fingerprint density at radius 2 is 2.04 bits per heavy atom. The lowest BCUT2D eigenvalue weighted by Crippen LogP contribution is -2.46. The molecule has 0 radical (unpaired) electrons. The standard InChI is InChI=1S/C19H25ClN2O4/c1-25-17-8-7-13(20)10-14(17)21-18(23)11-22-15-6-4-3-5-12(15)9-16(22)19(24)26-2/h7-8,10,12,15-16H,3-6,9,11H2,1-2H3,(H,21,23)/t12-,15+,16+/m1/s1. The molecule has 1 saturated heterocycles. The minimum Gasteiger partial charge on any atom is -0.495 e. The van der Waals surface area contributed by atoms with Gasteiger partial charge < -0.3 is 14.8 Å². The molecule has 2 aliphatic rings. The molecule has 0 unspecified atom stereocenters. The molecule has 1 aromatic carbocycles. The highest BCUT2D eigenvalue weighted by atomic mass is 35.5. The molecule has 1 aliphatic carbocycles. The zero-order valence-electron chi connectivity index (χ0n) is 15.2. The number of rotatable bonds is 5. The Morgan fingerprint density at radius 3 is 2.77 bits per heavy atom. The van der Waals surface area contributed by atoms with Gasteiger partial charge in [0.25, 0.3) is 0 Å². The minimum atomic E-state index is -0.347. The molecule has 1 saturated carbocycles. The highest BCUT2D eigenvalue weighted by Crippen LogP contribution is 2.40. The molecular formula is C19H25ClN2O4. The van der Waals surface area contributed by atoms with Crippen molar-refractivity contribution in [2.24, 2.45) is 5.92 Å². The summed E-state index contributed by atoms with van der Waals surface area (Å²) in [6, 6.07) is 4.99. The summed E-state index contributed by atoms with van der Waals surface area (Å²) in [5, 5.41) is 3.38. The highest BCUT2D eigenvalue weighted by molar-refractivity contribution is 6.31. The summed E-state index contributed by atoms with van der Waals surface area (Å²) in [4.78, 5) is 26.9. The van der Waals surface area contributed by atoms with Gasteiger partial charge in [0.2, 0.25) is 5.91 Å². The van der Waals surface area contributed by atoms with Gasteiger partial charge in [0.05, 0.1) is 26.5 Å². The number of likely N-dealkylation sites (tertiary alicyclic amines) is 1. The van der Waals surface area contributed by atoms with E-state index in [0.717, 1.165) is 25.7 Å². The number of ether oxygens (including phenoxy) is 2. The number of nitrogens with zero attached hydrogens (tertiary/aromatic N) is 1. The van der Waals surface area contributed by atoms with E-state index in [1.54, 1.807) is 25.3 Å². The van der Waals surface area contributed by atoms with Gasteiger partial charge in [-0.15, -0.1) is 0 Å². The number of methoxy groups -OCH3 is 2. The smallest absolute Gasteiger partial charge is 0.323 e. The van der Waals surface area contributed by atoms with Crippen LogP contribution in [-0.2, 0) is 14.3 Å². The molecule has 142 valence electrons. The number of carbonyl (C=O) groups excluding carboxylic acids is 2. The molecule has 1 aliphatic heterocycles. The second-order valence-corrected chi connectivity index (χ2v) is 7.39. The normalized spacial score (nSPS) is 25.4. The van der Waals surface area contributed by atoms with E-state index in [9.17, 15) is 9.59 Å². The topological polar surface area (TPSA) is 67.9 Å². The zero-order chi connectivity index (χ0) is 18.7. The molecule has 1 amide bonds. The zero-order valence-corrected chi connectivity index (χ0v) is 15.9. The average Bonchev–Trinajstić information content (AvgIpc) is 3.00. The third-order valence-electron chi connectivity index (χ3n) is 5.46. The number of hydrogen-bond acceptors (Lipinski definition) is 5. The van der Waals surface area contributed by atoms with Crippen molar-refractivity contribution in [3.05, 3.63) is 23.2 Å². The molecular weight excluding hydrogens is 356 g/mol. The molecule has 2 fully saturated rings. The van der Waals surface area contributed by atoms with Crippen LogP contribution in [0.5, 0.6) is 5.75 Å². The average molecular weight is 381 g/mol. The van der Waals surface area contributed by atoms with Crippen LogP contribution in [0, 0.1) is 5.92 Å². The van der Waals surface area contributed by atoms with Gasteiger partial charge in [-0.25, -0.2) is 0 Å². The van der Waals surface area contributed by atoms with Crippen LogP contribution in [0.15, 0.2) is 18.2 Å². The summed E-state index contributed by atoms with van der Waals surface area (Å²) in [5.41, 5.74) is 0.527. The predicted molar refractivity (Wildman–Crippen MR) is 99.5 cm³/mol. The predicted octanol–water partition coefficient (Wildman–Crippen LogP) is 3.09. The van der Waals surface area contributed by atoms with E-state index in [1.807, 2.05) is 4.90 Å². The Hall–Kier alpha value is -1.79. The van der Waals surface area contributed by atoms with Gasteiger partial charge in [0.1, 0.15) is 11.8 Å². The first-order valence-corrected chi connectivity index (χ1v) is 9.38. The molecule has 3 rings (SSSR count). The fourth-order valence-corrected chi connectivity index (χ4v) is 4.45. The first-order valence-electron chi connectivity index (χ1n) is 9.00. The molecule has 1 heterocycles. The quantitative estimate of drug-likeness (QED) is 0.795. The van der Waals surface area contributed by atoms with E-state index in [2.05, 4.69) is 5.32 Å². The number of esters is 1. The summed E-state index contributed by atoms with van der Waals surface area (Å²) in [5.74, 6) is 0.559. The van der Waals surface area contributed by atoms with Crippen LogP contribution in [0.25, 0.3) is 0 Å². The highest BCUT2D eigenvalue weighted by Gasteiger charge is 2.46. The fourth-order valence-electron chi connectivity index (χ4n) is 4.28. The van der Waals surface area contributed by atoms with Gasteiger partial charge >= 0.3 is 5.97 Å². The van der Waals surface area contributed by atoms with Crippen molar-refractivity contribution < 1.29 is 19.1 Å². The van der Waals surface area contributed by atoms with Gasteiger partial charge in [-0.2, -0.15) is 0 Å². The van der Waals surface area contributed by atoms with Crippen molar-refractivity contribution in [1.29, 1.82) is 0 Å². The third-order valence-corrected chi connectivity index (χ3v) is 5.69. The number of anilines is 1. The number of benzene rings is 1. The number of carbonyl (C=O) groups is 2. The number of fused-ring (bicyclic) bond motifs is 1. The summed E-state index contributed by atoms with van der Waals surface area (Å²) >= 11 is 6.02. The lowest BCUT2D eigenvalue weighted by molar-refractivity contribution is -0.146. The Balaban J connectivity index is 1.73. The molecule has 7 heteroatoms. The van der Waals surface area contributed by atoms with Crippen molar-refractivity contribution in [1.82, 2.24) is 4.90 Å². The maximum atomic E-state index is 12.7. The first kappa shape index (κ1) is 19.0. The summed E-state index contributed by atoms with van der Waals surface area (Å²) in [6.45, 7) is 0.149. The summed E-state index contributed by atoms with van der Waals surface area (Å²) in [6.07, 6.45) is 5.22. The first-order chi connectivity index (χ1) is 12.5. The molecule has 1 aromatic rings. The van der Waals surface area contributed by atoms with Gasteiger partial charge in [0.15, 0.2) is 0 Å². The number of hydrogen-bond donors (Lipinski definition) is 1. The van der Waals surface area contributed by atoms with E-state index < -0.39 is 0 Å². The van der Waals surface area contributed by atoms with Crippen LogP contribution in [0.2, 0.25) is 5.02 Å². The van der Waals surface area contributed by atoms with Crippen LogP contribution in [0.1, 0.15) is 32.1 Å². The molecule has 6 nitrogen and oxygen atoms in total. The largest absolute Gasteiger partial charge is 0.495 e. The lowest BCUT2D eigenvalue weighted by Gasteiger charge is -2.32. The molecule has 1 N–H and O–H groups in total. The number of amides is 1. The third kappa shape index (κ3) is 3.96. The maximum Gasteiger partial charge on any atom is 0.323 e. The Labute approximate surface area is 158 Å². The van der Waals surface area contributed by atoms with E-state index >= 15 is 0 Å². The molecule has 0 aromatic heterocycles. The fraction of sp³-hybridized carbons (Fsp3) is 0.579. The second-order valence-electron chi connectivity index (χ2n) is 6.95. The van der Waals surface area contributed by atoms with Crippen LogP contribution in [-0.4, -0.2) is 49.6 Å². The van der Waals surface area contributed by atoms with Crippen molar-refractivity contribution in [3.8, 4) is 5.75 Å². The summed E-state index contributed by atoms with van der Waals surface area (Å²) < 4.78 is 10.2. The van der Waals surface area contributed by atoms with Crippen LogP contribution in [0.3, 0.4) is 0 Å². The van der Waals surface area contributed by atoms with Crippen molar-refractivity contribution >= 4 is 29.2 Å². The van der Waals surface area contributed by atoms with E-state index in [4.69, 9.17) is 21.1 Å². The van der Waals surface area contributed by atoms with Crippen molar-refractivity contribution in [2.45, 2.75) is 44.2 Å². The second kappa shape index (κ2) is 8.27. The van der Waals surface area contributed by atoms with E-state index in [0.29, 0.717) is 22.4 Å². The minimum absolute atomic E-state index is 0.149. The SMILES string of the molecule is COC(=O)[C@@H]1C[C@H]2CCCC[C@@H]2N1CC(=O)Nc1cc(Cl)ccc1OC. The van der Waals surface area contributed by atoms with Gasteiger partial charge in [0, 0.05) is 11.1 Å². The Morgan fingerprint density at radius 1 is 1.27 bits per heavy atom. The molecule has 0 spiro atoms. The van der Waals surface area contributed by atoms with Gasteiger partial charge in [-0.1, -0.05) is 24.4 Å². The molecule has 3 atom stereocenters. The Bertz CT molecular complexity index is 682. The van der Waals surface area contributed by atoms with Crippen molar-refractivity contribution in [3.63, 3.8) is 0 Å². The summed E-state index contributed by atoms with van der Waals surface area (Å²) in [7, 11) is 2.94. The van der Waals surface area contributed by atoms with Crippen LogP contribution < -0.4 is 10.1 Å². The van der Waals surface area contributed by atoms with Gasteiger partial charge in [-0.3, -0.25) is 14.5 Å². The van der Waals surface area contributed by atoms with Crippen LogP contribution >= 0.6 is 11.6 Å². The lowest BCUT2D eigenvalue weighted by atomic mass is 9.85. The van der Waals surface area contributed by atoms with Gasteiger partial charge in [-0.05, 0) is 43.4 Å². The molecule has 0 bridgehead atoms. The van der Waals surface area contributed by atoms with Crippen molar-refractivity contribution in [2.75, 3.05) is 26.1 Å². The number of nitrogens with one attached hydrogen (secondary N) is 1. The maximum absolute atomic E-state index is 12.7. The van der Waals surface area contributed by atoms with E-state index in [-0.39, 0.29) is 30.5 Å². The van der Waals surface area contributed by atoms with Crippen LogP contribution in [0.4, 0.5) is 5.69 Å². The monoisotopic (exact) mass is 380 g/mol. The molecule has 26 heavy (non-hydrogen) atoms.